The molecule has 0 aromatic rings. The summed E-state index contributed by atoms with van der Waals surface area (Å²) >= 11 is 0. The molecule has 6 atom stereocenters. The third-order valence-corrected chi connectivity index (χ3v) is 5.46. The number of hydrogen-bond donors (Lipinski definition) is 0. The van der Waals surface area contributed by atoms with E-state index in [1.807, 2.05) is 0 Å². The summed E-state index contributed by atoms with van der Waals surface area (Å²) < 4.78 is 0. The molecule has 2 aliphatic rings. The van der Waals surface area contributed by atoms with Gasteiger partial charge in [-0.05, 0) is 48.8 Å². The van der Waals surface area contributed by atoms with Gasteiger partial charge in [0.05, 0.1) is 0 Å². The molecule has 2 rings (SSSR count). The van der Waals surface area contributed by atoms with Crippen LogP contribution >= 0.6 is 18.5 Å². The number of rotatable bonds is 1. The van der Waals surface area contributed by atoms with Crippen molar-refractivity contribution >= 4 is 18.5 Å². The summed E-state index contributed by atoms with van der Waals surface area (Å²) in [6, 6.07) is 0. The molecule has 2 aliphatic carbocycles. The SMILES string of the molecule is P[C@@H]1CCC[C@H]1[C@@H]1CCC[C@@H]1P.[Ar].[Ar].[Ar].[Ar]. The standard InChI is InChI=1S/C10H20P2.4Ar/c11-9-5-1-3-7(9)8-4-2-6-10(8)12;;;;/h7-10H,1-6,11-12H2;;;;/t7-,8-,9-,10+;;;;/m0..../s1. The second-order valence-corrected chi connectivity index (χ2v) is 6.23. The molecule has 2 unspecified atom stereocenters. The molecule has 0 bridgehead atoms. The van der Waals surface area contributed by atoms with Crippen LogP contribution in [0.25, 0.3) is 0 Å². The van der Waals surface area contributed by atoms with Crippen molar-refractivity contribution < 1.29 is 151 Å². The summed E-state index contributed by atoms with van der Waals surface area (Å²) in [5.41, 5.74) is 1.88. The Bertz CT molecular complexity index is 153. The minimum Gasteiger partial charge on any atom is -0.134 e. The van der Waals surface area contributed by atoms with Crippen LogP contribution in [0.2, 0.25) is 0 Å². The molecule has 0 radical (unpaired) electrons. The Balaban J connectivity index is -0.000000422. The Kier molecular flexibility index (Phi) is 24.2. The average Bonchev–Trinajstić information content (AvgIpc) is 2.59. The van der Waals surface area contributed by atoms with Crippen LogP contribution in [0.15, 0.2) is 0 Å². The molecule has 102 valence electrons. The van der Waals surface area contributed by atoms with Crippen molar-refractivity contribution in [1.29, 1.82) is 0 Å². The first-order valence-electron chi connectivity index (χ1n) is 5.30. The van der Waals surface area contributed by atoms with Crippen LogP contribution in [-0.2, 0) is 0 Å². The smallest absolute Gasteiger partial charge is 0 e. The largest absolute Gasteiger partial charge is 0.134 e. The van der Waals surface area contributed by atoms with E-state index in [9.17, 15) is 0 Å². The Morgan fingerprint density at radius 3 is 1.06 bits per heavy atom. The van der Waals surface area contributed by atoms with Crippen LogP contribution in [0, 0.1) is 163 Å². The Morgan fingerprint density at radius 2 is 0.875 bits per heavy atom. The van der Waals surface area contributed by atoms with Crippen LogP contribution in [0.4, 0.5) is 0 Å². The van der Waals surface area contributed by atoms with Gasteiger partial charge in [0.25, 0.3) is 0 Å². The molecule has 0 N–H and O–H groups in total. The second kappa shape index (κ2) is 14.5. The third-order valence-electron chi connectivity index (χ3n) is 3.80. The van der Waals surface area contributed by atoms with Gasteiger partial charge in [-0.3, -0.25) is 0 Å². The maximum Gasteiger partial charge on any atom is 0 e. The molecule has 6 heteroatoms. The molecule has 0 spiro atoms. The summed E-state index contributed by atoms with van der Waals surface area (Å²) in [5.74, 6) is 2.08. The zero-order valence-corrected chi connectivity index (χ0v) is 14.3. The molecule has 2 saturated carbocycles. The van der Waals surface area contributed by atoms with E-state index < -0.39 is 0 Å². The fourth-order valence-corrected chi connectivity index (χ4v) is 4.53. The molecule has 0 aromatic heterocycles. The first-order chi connectivity index (χ1) is 5.79. The van der Waals surface area contributed by atoms with Crippen molar-refractivity contribution in [3.05, 3.63) is 0 Å². The first kappa shape index (κ1) is 26.8. The van der Waals surface area contributed by atoms with E-state index in [-0.39, 0.29) is 151 Å². The molecule has 0 amide bonds. The maximum absolute atomic E-state index is 3.07. The van der Waals surface area contributed by atoms with Crippen molar-refractivity contribution in [2.24, 2.45) is 11.8 Å². The summed E-state index contributed by atoms with van der Waals surface area (Å²) in [6.07, 6.45) is 8.89. The summed E-state index contributed by atoms with van der Waals surface area (Å²) in [7, 11) is 6.15. The fraction of sp³-hybridized carbons (Fsp3) is 1.00. The van der Waals surface area contributed by atoms with Gasteiger partial charge in [-0.25, -0.2) is 0 Å². The molecule has 0 aromatic carbocycles. The Hall–Kier alpha value is 5.90. The maximum atomic E-state index is 3.07. The van der Waals surface area contributed by atoms with E-state index in [0.717, 1.165) is 23.2 Å². The van der Waals surface area contributed by atoms with Gasteiger partial charge in [0, 0.05) is 151 Å². The van der Waals surface area contributed by atoms with Crippen LogP contribution < -0.4 is 0 Å². The van der Waals surface area contributed by atoms with Crippen molar-refractivity contribution in [1.82, 2.24) is 0 Å². The quantitative estimate of drug-likeness (QED) is 0.630. The predicted octanol–water partition coefficient (Wildman–Crippen LogP) is 3.07. The first-order valence-corrected chi connectivity index (χ1v) is 6.63. The van der Waals surface area contributed by atoms with E-state index in [0.29, 0.717) is 0 Å². The molecule has 0 aliphatic heterocycles. The van der Waals surface area contributed by atoms with E-state index in [1.54, 1.807) is 0 Å². The van der Waals surface area contributed by atoms with E-state index in [4.69, 9.17) is 0 Å². The fourth-order valence-electron chi connectivity index (χ4n) is 3.10. The molecular weight excluding hydrogens is 342 g/mol. The molecule has 0 saturated heterocycles. The van der Waals surface area contributed by atoms with Crippen molar-refractivity contribution in [3.63, 3.8) is 0 Å². The van der Waals surface area contributed by atoms with Crippen LogP contribution in [0.3, 0.4) is 0 Å². The Morgan fingerprint density at radius 1 is 0.562 bits per heavy atom. The van der Waals surface area contributed by atoms with Gasteiger partial charge in [-0.2, -0.15) is 0 Å². The van der Waals surface area contributed by atoms with Gasteiger partial charge in [-0.1, -0.05) is 12.8 Å². The topological polar surface area (TPSA) is 0 Å². The minimum absolute atomic E-state index is 0. The molecule has 16 heavy (non-hydrogen) atoms. The molecular formula is C10H20Ar4P2. The number of hydrogen-bond acceptors (Lipinski definition) is 0. The van der Waals surface area contributed by atoms with Crippen LogP contribution in [-0.4, -0.2) is 11.3 Å². The van der Waals surface area contributed by atoms with Crippen molar-refractivity contribution in [2.45, 2.75) is 49.8 Å². The van der Waals surface area contributed by atoms with Gasteiger partial charge >= 0.3 is 0 Å². The summed E-state index contributed by atoms with van der Waals surface area (Å²) in [6.45, 7) is 0. The zero-order valence-electron chi connectivity index (χ0n) is 9.12. The van der Waals surface area contributed by atoms with Crippen LogP contribution in [0.1, 0.15) is 38.5 Å². The van der Waals surface area contributed by atoms with E-state index in [1.165, 1.54) is 38.5 Å². The van der Waals surface area contributed by atoms with Crippen molar-refractivity contribution in [3.8, 4) is 0 Å². The van der Waals surface area contributed by atoms with Gasteiger partial charge in [0.1, 0.15) is 0 Å². The third kappa shape index (κ3) is 7.95. The minimum atomic E-state index is 0. The second-order valence-electron chi connectivity index (χ2n) is 4.52. The normalized spacial score (nSPS) is 36.4. The monoisotopic (exact) mass is 362 g/mol. The van der Waals surface area contributed by atoms with Gasteiger partial charge in [-0.15, -0.1) is 18.5 Å². The van der Waals surface area contributed by atoms with E-state index in [2.05, 4.69) is 18.5 Å². The molecule has 0 nitrogen and oxygen atoms in total. The van der Waals surface area contributed by atoms with Crippen LogP contribution in [0.5, 0.6) is 0 Å². The molecule has 2 fully saturated rings. The molecule has 0 heterocycles. The Labute approximate surface area is 225 Å². The summed E-state index contributed by atoms with van der Waals surface area (Å²) in [4.78, 5) is 0. The van der Waals surface area contributed by atoms with E-state index >= 15 is 0 Å². The zero-order chi connectivity index (χ0) is 8.55. The van der Waals surface area contributed by atoms with Crippen molar-refractivity contribution in [2.75, 3.05) is 0 Å². The predicted molar refractivity (Wildman–Crippen MR) is 61.7 cm³/mol. The van der Waals surface area contributed by atoms with Gasteiger partial charge in [0.15, 0.2) is 0 Å². The van der Waals surface area contributed by atoms with Gasteiger partial charge in [0.2, 0.25) is 0 Å². The summed E-state index contributed by atoms with van der Waals surface area (Å²) in [5, 5.41) is 0. The van der Waals surface area contributed by atoms with Gasteiger partial charge < -0.3 is 0 Å². The average molecular weight is 362 g/mol.